The fraction of sp³-hybridized carbons (Fsp3) is 0.312. The molecule has 0 saturated heterocycles. The molecule has 1 aromatic heterocycles. The molecular formula is C16H18ClN3O3S. The lowest BCUT2D eigenvalue weighted by molar-refractivity contribution is -0.115. The van der Waals surface area contributed by atoms with E-state index >= 15 is 0 Å². The van der Waals surface area contributed by atoms with Crippen LogP contribution in [0.3, 0.4) is 0 Å². The standard InChI is InChI=1S/C16H18ClN3O3S/c1-9-4-5-13(12(17)6-9)18-15(21)8-24-11(3)16(22)19-14-7-10(2)23-20-14/h4-7,11H,8H2,1-3H3,(H,18,21)(H,19,20,22)/t11-/m1/s1. The van der Waals surface area contributed by atoms with Crippen LogP contribution in [0, 0.1) is 13.8 Å². The largest absolute Gasteiger partial charge is 0.360 e. The Morgan fingerprint density at radius 3 is 2.67 bits per heavy atom. The van der Waals surface area contributed by atoms with Crippen LogP contribution in [-0.4, -0.2) is 28.0 Å². The summed E-state index contributed by atoms with van der Waals surface area (Å²) in [5.74, 6) is 0.648. The molecule has 1 heterocycles. The van der Waals surface area contributed by atoms with Crippen LogP contribution in [-0.2, 0) is 9.59 Å². The van der Waals surface area contributed by atoms with Crippen molar-refractivity contribution < 1.29 is 14.1 Å². The fourth-order valence-electron chi connectivity index (χ4n) is 1.84. The van der Waals surface area contributed by atoms with Gasteiger partial charge < -0.3 is 15.2 Å². The topological polar surface area (TPSA) is 84.2 Å². The summed E-state index contributed by atoms with van der Waals surface area (Å²) >= 11 is 7.30. The first-order chi connectivity index (χ1) is 11.3. The van der Waals surface area contributed by atoms with E-state index in [-0.39, 0.29) is 17.6 Å². The Labute approximate surface area is 149 Å². The molecule has 128 valence electrons. The van der Waals surface area contributed by atoms with Crippen LogP contribution in [0.1, 0.15) is 18.2 Å². The molecular weight excluding hydrogens is 350 g/mol. The van der Waals surface area contributed by atoms with Crippen molar-refractivity contribution in [3.8, 4) is 0 Å². The number of carbonyl (C=O) groups is 2. The predicted octanol–water partition coefficient (Wildman–Crippen LogP) is 3.64. The number of nitrogens with zero attached hydrogens (tertiary/aromatic N) is 1. The van der Waals surface area contributed by atoms with Crippen LogP contribution in [0.5, 0.6) is 0 Å². The van der Waals surface area contributed by atoms with Gasteiger partial charge in [-0.3, -0.25) is 9.59 Å². The average Bonchev–Trinajstić information content (AvgIpc) is 2.92. The Hall–Kier alpha value is -1.99. The number of amides is 2. The van der Waals surface area contributed by atoms with E-state index in [2.05, 4.69) is 15.8 Å². The van der Waals surface area contributed by atoms with E-state index in [9.17, 15) is 9.59 Å². The first kappa shape index (κ1) is 18.4. The van der Waals surface area contributed by atoms with E-state index < -0.39 is 5.25 Å². The van der Waals surface area contributed by atoms with E-state index in [0.29, 0.717) is 22.3 Å². The van der Waals surface area contributed by atoms with Gasteiger partial charge in [0.1, 0.15) is 5.76 Å². The number of thioether (sulfide) groups is 1. The van der Waals surface area contributed by atoms with Gasteiger partial charge in [0.05, 0.1) is 21.7 Å². The second kappa shape index (κ2) is 8.21. The number of anilines is 2. The highest BCUT2D eigenvalue weighted by molar-refractivity contribution is 8.01. The van der Waals surface area contributed by atoms with Crippen LogP contribution in [0.25, 0.3) is 0 Å². The Kier molecular flexibility index (Phi) is 6.28. The Morgan fingerprint density at radius 2 is 2.04 bits per heavy atom. The quantitative estimate of drug-likeness (QED) is 0.814. The highest BCUT2D eigenvalue weighted by Gasteiger charge is 2.17. The van der Waals surface area contributed by atoms with E-state index in [1.807, 2.05) is 13.0 Å². The van der Waals surface area contributed by atoms with E-state index in [4.69, 9.17) is 16.1 Å². The van der Waals surface area contributed by atoms with Gasteiger partial charge >= 0.3 is 0 Å². The number of benzene rings is 1. The van der Waals surface area contributed by atoms with Gasteiger partial charge in [0.25, 0.3) is 0 Å². The third kappa shape index (κ3) is 5.28. The van der Waals surface area contributed by atoms with Gasteiger partial charge in [-0.25, -0.2) is 0 Å². The molecule has 6 nitrogen and oxygen atoms in total. The molecule has 0 saturated carbocycles. The lowest BCUT2D eigenvalue weighted by Gasteiger charge is -2.11. The molecule has 0 fully saturated rings. The fourth-order valence-corrected chi connectivity index (χ4v) is 2.80. The molecule has 1 atom stereocenters. The number of rotatable bonds is 6. The van der Waals surface area contributed by atoms with Crippen molar-refractivity contribution in [1.29, 1.82) is 0 Å². The lowest BCUT2D eigenvalue weighted by Crippen LogP contribution is -2.25. The summed E-state index contributed by atoms with van der Waals surface area (Å²) in [6.45, 7) is 5.38. The highest BCUT2D eigenvalue weighted by Crippen LogP contribution is 2.23. The molecule has 0 bridgehead atoms. The van der Waals surface area contributed by atoms with E-state index in [0.717, 1.165) is 5.56 Å². The molecule has 0 unspecified atom stereocenters. The highest BCUT2D eigenvalue weighted by atomic mass is 35.5. The van der Waals surface area contributed by atoms with Gasteiger partial charge in [0, 0.05) is 6.07 Å². The molecule has 2 rings (SSSR count). The van der Waals surface area contributed by atoms with Crippen LogP contribution in [0.4, 0.5) is 11.5 Å². The summed E-state index contributed by atoms with van der Waals surface area (Å²) in [6, 6.07) is 7.02. The van der Waals surface area contributed by atoms with Crippen molar-refractivity contribution in [3.05, 3.63) is 40.6 Å². The monoisotopic (exact) mass is 367 g/mol. The summed E-state index contributed by atoms with van der Waals surface area (Å²) in [5, 5.41) is 9.13. The van der Waals surface area contributed by atoms with Crippen molar-refractivity contribution in [3.63, 3.8) is 0 Å². The molecule has 24 heavy (non-hydrogen) atoms. The summed E-state index contributed by atoms with van der Waals surface area (Å²) in [6.07, 6.45) is 0. The van der Waals surface area contributed by atoms with Crippen molar-refractivity contribution in [1.82, 2.24) is 5.16 Å². The van der Waals surface area contributed by atoms with Gasteiger partial charge in [-0.05, 0) is 38.5 Å². The molecule has 0 aliphatic carbocycles. The van der Waals surface area contributed by atoms with Crippen LogP contribution in [0.15, 0.2) is 28.8 Å². The second-order valence-corrected chi connectivity index (χ2v) is 7.03. The molecule has 0 spiro atoms. The van der Waals surface area contributed by atoms with Gasteiger partial charge in [-0.2, -0.15) is 0 Å². The normalized spacial score (nSPS) is 11.8. The second-order valence-electron chi connectivity index (χ2n) is 5.30. The average molecular weight is 368 g/mol. The minimum atomic E-state index is -0.416. The zero-order valence-electron chi connectivity index (χ0n) is 13.6. The molecule has 2 N–H and O–H groups in total. The molecule has 2 aromatic rings. The molecule has 0 aliphatic rings. The number of hydrogen-bond donors (Lipinski definition) is 2. The van der Waals surface area contributed by atoms with Gasteiger partial charge in [-0.15, -0.1) is 11.8 Å². The Bertz CT molecular complexity index is 748. The van der Waals surface area contributed by atoms with E-state index in [1.165, 1.54) is 11.8 Å². The van der Waals surface area contributed by atoms with Crippen LogP contribution >= 0.6 is 23.4 Å². The van der Waals surface area contributed by atoms with Crippen molar-refractivity contribution in [2.24, 2.45) is 0 Å². The number of aryl methyl sites for hydroxylation is 2. The summed E-state index contributed by atoms with van der Waals surface area (Å²) in [5.41, 5.74) is 1.57. The minimum Gasteiger partial charge on any atom is -0.360 e. The number of hydrogen-bond acceptors (Lipinski definition) is 5. The molecule has 8 heteroatoms. The third-order valence-corrected chi connectivity index (χ3v) is 4.57. The lowest BCUT2D eigenvalue weighted by atomic mass is 10.2. The van der Waals surface area contributed by atoms with Gasteiger partial charge in [0.15, 0.2) is 5.82 Å². The van der Waals surface area contributed by atoms with Gasteiger partial charge in [0.2, 0.25) is 11.8 Å². The first-order valence-electron chi connectivity index (χ1n) is 7.27. The Balaban J connectivity index is 1.81. The summed E-state index contributed by atoms with van der Waals surface area (Å²) < 4.78 is 4.88. The third-order valence-electron chi connectivity index (χ3n) is 3.11. The first-order valence-corrected chi connectivity index (χ1v) is 8.69. The van der Waals surface area contributed by atoms with Crippen LogP contribution < -0.4 is 10.6 Å². The van der Waals surface area contributed by atoms with Crippen molar-refractivity contribution in [2.45, 2.75) is 26.0 Å². The molecule has 0 radical (unpaired) electrons. The maximum atomic E-state index is 12.0. The summed E-state index contributed by atoms with van der Waals surface area (Å²) in [7, 11) is 0. The van der Waals surface area contributed by atoms with Gasteiger partial charge in [-0.1, -0.05) is 22.8 Å². The molecule has 2 amide bonds. The zero-order valence-corrected chi connectivity index (χ0v) is 15.1. The SMILES string of the molecule is Cc1ccc(NC(=O)CS[C@H](C)C(=O)Nc2cc(C)on2)c(Cl)c1. The van der Waals surface area contributed by atoms with Crippen LogP contribution in [0.2, 0.25) is 5.02 Å². The number of halogens is 1. The molecule has 1 aromatic carbocycles. The Morgan fingerprint density at radius 1 is 1.29 bits per heavy atom. The maximum Gasteiger partial charge on any atom is 0.238 e. The predicted molar refractivity (Wildman–Crippen MR) is 96.6 cm³/mol. The smallest absolute Gasteiger partial charge is 0.238 e. The zero-order chi connectivity index (χ0) is 17.7. The van der Waals surface area contributed by atoms with E-state index in [1.54, 1.807) is 32.0 Å². The van der Waals surface area contributed by atoms with Crippen molar-refractivity contribution >= 4 is 46.7 Å². The summed E-state index contributed by atoms with van der Waals surface area (Å²) in [4.78, 5) is 24.0. The maximum absolute atomic E-state index is 12.0. The minimum absolute atomic E-state index is 0.136. The number of carbonyl (C=O) groups excluding carboxylic acids is 2. The number of aromatic nitrogens is 1. The number of nitrogens with one attached hydrogen (secondary N) is 2. The van der Waals surface area contributed by atoms with Crippen molar-refractivity contribution in [2.75, 3.05) is 16.4 Å². The molecule has 0 aliphatic heterocycles.